The van der Waals surface area contributed by atoms with Crippen molar-refractivity contribution in [3.63, 3.8) is 0 Å². The van der Waals surface area contributed by atoms with Crippen LogP contribution >= 0.6 is 11.3 Å². The number of urea groups is 1. The number of carboxylic acid groups (broad SMARTS) is 3. The van der Waals surface area contributed by atoms with Gasteiger partial charge in [-0.2, -0.15) is 47.9 Å². The van der Waals surface area contributed by atoms with Crippen LogP contribution in [0.25, 0.3) is 33.4 Å². The number of thiazole rings is 1. The van der Waals surface area contributed by atoms with E-state index in [-0.39, 0.29) is 60.2 Å². The Morgan fingerprint density at radius 2 is 1.23 bits per heavy atom. The maximum Gasteiger partial charge on any atom is 0.490 e. The number of amides is 5. The Bertz CT molecular complexity index is 4790. The lowest BCUT2D eigenvalue weighted by Crippen LogP contribution is -2.56. The number of piperidine rings is 1. The molecule has 1 fully saturated rings. The van der Waals surface area contributed by atoms with Gasteiger partial charge in [0.2, 0.25) is 39.4 Å². The van der Waals surface area contributed by atoms with Crippen molar-refractivity contribution in [2.45, 2.75) is 190 Å². The number of aromatic nitrogens is 3. The largest absolute Gasteiger partial charge is 0.542 e. The molecule has 119 heavy (non-hydrogen) atoms. The number of carbonyl (C=O) groups is 7. The molecule has 0 spiro atoms. The lowest BCUT2D eigenvalue weighted by molar-refractivity contribution is -0.688. The number of halogens is 9. The molecule has 1 aliphatic carbocycles. The highest BCUT2D eigenvalue weighted by molar-refractivity contribution is 7.89. The quantitative estimate of drug-likeness (QED) is 0.00606. The average Bonchev–Trinajstić information content (AvgIpc) is 0.927. The van der Waals surface area contributed by atoms with E-state index in [0.29, 0.717) is 77.2 Å². The summed E-state index contributed by atoms with van der Waals surface area (Å²) in [6.07, 6.45) is 0.902. The van der Waals surface area contributed by atoms with E-state index in [2.05, 4.69) is 97.1 Å². The number of likely N-dealkylation sites (tertiary alicyclic amines) is 1. The van der Waals surface area contributed by atoms with Gasteiger partial charge in [0.25, 0.3) is 10.1 Å². The zero-order valence-electron chi connectivity index (χ0n) is 67.1. The monoisotopic (exact) mass is 1750 g/mol. The second-order valence-corrected chi connectivity index (χ2v) is 32.1. The Balaban J connectivity index is 0.00000106. The van der Waals surface area contributed by atoms with Gasteiger partial charge < -0.3 is 70.3 Å². The first kappa shape index (κ1) is 99.6. The van der Waals surface area contributed by atoms with Gasteiger partial charge in [-0.25, -0.2) is 36.4 Å². The molecule has 3 aromatic carbocycles. The lowest BCUT2D eigenvalue weighted by Gasteiger charge is -2.31. The Morgan fingerprint density at radius 1 is 0.681 bits per heavy atom. The van der Waals surface area contributed by atoms with Crippen LogP contribution in [0.3, 0.4) is 0 Å². The molecule has 0 saturated carbocycles. The molecule has 4 heterocycles. The fraction of sp³-hybridized carbons (Fsp3) is 0.513. The maximum atomic E-state index is 14.4. The number of anilines is 1. The Hall–Kier alpha value is -9.97. The number of aryl methyl sites for hydroxylation is 1. The standard InChI is InChI=1S/C72H101N13O10S3.3C2HF3O2/c1-8-84(9-2)54-30-33-59-64(44-54)95-65-45-55(85(10-3)11-4)31-34-60(65)68(59)61-35-32-58(47-66(61)98(92,93)94)97(90,91)76-40-25-19-17-15-13-12-14-16-18-24-38-74-72(89)75-39-26-23-29-62(78-67(86)46-57-50-96-71(73)82(57)7)69(87)79-63(70(88)77-53-36-41-80(5)42-37-53)43-56-49-83(51-81(56)6)48-52-27-21-20-22-28-52;3*3-2(4,5)1(6)7/h20-22,27-28,30-35,44-45,47,49-51,53,62-63,73,76H,8-19,23-26,29,36-43,46,48H2,1-7H3,(H4-2,74,75,77,78,79,86,87,88,89,92,93,94);3*(H,6,7). The fourth-order valence-corrected chi connectivity index (χ4v) is 15.5. The summed E-state index contributed by atoms with van der Waals surface area (Å²) < 4.78 is 176. The van der Waals surface area contributed by atoms with Crippen molar-refractivity contribution in [2.75, 3.05) is 70.9 Å². The third-order valence-electron chi connectivity index (χ3n) is 19.3. The Labute approximate surface area is 687 Å². The van der Waals surface area contributed by atoms with Gasteiger partial charge in [-0.05, 0) is 129 Å². The zero-order chi connectivity index (χ0) is 88.6. The van der Waals surface area contributed by atoms with E-state index in [0.717, 1.165) is 138 Å². The van der Waals surface area contributed by atoms with Crippen molar-refractivity contribution in [1.29, 1.82) is 5.41 Å². The van der Waals surface area contributed by atoms with Gasteiger partial charge in [-0.15, -0.1) is 11.3 Å². The van der Waals surface area contributed by atoms with E-state index in [9.17, 15) is 80.1 Å². The molecule has 0 bridgehead atoms. The molecule has 2 unspecified atom stereocenters. The van der Waals surface area contributed by atoms with Crippen LogP contribution in [0.2, 0.25) is 0 Å². The topological polar surface area (TPSA) is 407 Å². The molecule has 8 rings (SSSR count). The molecule has 1 saturated heterocycles. The van der Waals surface area contributed by atoms with Crippen LogP contribution in [-0.2, 0) is 82.4 Å². The fourth-order valence-electron chi connectivity index (χ4n) is 12.8. The molecule has 2 atom stereocenters. The van der Waals surface area contributed by atoms with Gasteiger partial charge >= 0.3 is 30.5 Å². The molecule has 2 aliphatic heterocycles. The second kappa shape index (κ2) is 47.1. The average molecular weight is 1750 g/mol. The van der Waals surface area contributed by atoms with E-state index in [1.807, 2.05) is 78.7 Å². The van der Waals surface area contributed by atoms with Crippen molar-refractivity contribution in [2.24, 2.45) is 14.1 Å². The predicted molar refractivity (Wildman–Crippen MR) is 421 cm³/mol. The number of alkyl halides is 9. The van der Waals surface area contributed by atoms with Gasteiger partial charge in [0.1, 0.15) is 71.8 Å². The third kappa shape index (κ3) is 32.9. The number of aliphatic carboxylic acids is 3. The van der Waals surface area contributed by atoms with E-state index >= 15 is 0 Å². The number of imidazole rings is 1. The van der Waals surface area contributed by atoms with Crippen molar-refractivity contribution in [1.82, 2.24) is 49.9 Å². The number of fused-ring (bicyclic) bond motifs is 2. The van der Waals surface area contributed by atoms with Crippen molar-refractivity contribution in [3.8, 4) is 22.5 Å². The van der Waals surface area contributed by atoms with Gasteiger partial charge in [-0.1, -0.05) is 87.8 Å². The highest BCUT2D eigenvalue weighted by Crippen LogP contribution is 2.44. The first-order valence-corrected chi connectivity index (χ1v) is 42.4. The van der Waals surface area contributed by atoms with Gasteiger partial charge in [0.15, 0.2) is 4.80 Å². The van der Waals surface area contributed by atoms with Crippen LogP contribution in [0.15, 0.2) is 117 Å². The number of nitrogens with one attached hydrogen (secondary N) is 7. The molecular formula is C78H104F9N13O16S3. The van der Waals surface area contributed by atoms with Crippen LogP contribution in [0.1, 0.15) is 141 Å². The summed E-state index contributed by atoms with van der Waals surface area (Å²) in [5.41, 5.74) is 5.32. The highest BCUT2D eigenvalue weighted by atomic mass is 32.2. The van der Waals surface area contributed by atoms with Crippen molar-refractivity contribution in [3.05, 3.63) is 130 Å². The molecule has 658 valence electrons. The number of nitrogens with zero attached hydrogens (tertiary/aromatic N) is 6. The first-order chi connectivity index (χ1) is 55.9. The number of hydrogen-bond donors (Lipinski definition) is 9. The number of carboxylic acids is 3. The number of benzene rings is 4. The SMILES string of the molecule is CCN(CC)c1ccc2c(-c3ccc(S(=O)(=O)NCCCCCCCCCCCCNC(=O)NCCCCC(NC(=O)Cc4csc(=N)n4C)C(=O)NC(Cc4c[n+](Cc5ccccc5)cn4C)C(=O)NC4CCN(C)CC4)cc3S(=O)(=O)O)c3ccc(=[N+](CC)CC)cc-3oc2c1.O=C(O)C(F)(F)F.O=C([O-])C(F)(F)F.O=C([O-])C(F)(F)F. The van der Waals surface area contributed by atoms with Crippen LogP contribution in [0.5, 0.6) is 0 Å². The van der Waals surface area contributed by atoms with E-state index < -0.39 is 79.5 Å². The molecule has 0 radical (unpaired) electrons. The van der Waals surface area contributed by atoms with Crippen molar-refractivity contribution < 1.29 is 119 Å². The van der Waals surface area contributed by atoms with E-state index in [4.69, 9.17) is 39.5 Å². The number of unbranched alkanes of at least 4 members (excludes halogenated alkanes) is 10. The summed E-state index contributed by atoms with van der Waals surface area (Å²) >= 11 is 1.22. The molecule has 5 aromatic rings. The highest BCUT2D eigenvalue weighted by Gasteiger charge is 2.39. The van der Waals surface area contributed by atoms with Crippen LogP contribution in [-0.4, -0.2) is 185 Å². The summed E-state index contributed by atoms with van der Waals surface area (Å²) in [6, 6.07) is 23.2. The summed E-state index contributed by atoms with van der Waals surface area (Å²) in [4.78, 5) is 85.3. The van der Waals surface area contributed by atoms with Crippen LogP contribution in [0, 0.1) is 5.41 Å². The summed E-state index contributed by atoms with van der Waals surface area (Å²) in [5.74, 6) is -9.40. The Morgan fingerprint density at radius 3 is 1.75 bits per heavy atom. The summed E-state index contributed by atoms with van der Waals surface area (Å²) in [6.45, 7) is 14.7. The molecule has 2 aromatic heterocycles. The number of rotatable bonds is 38. The predicted octanol–water partition coefficient (Wildman–Crippen LogP) is 7.21. The minimum absolute atomic E-state index is 0.0283. The summed E-state index contributed by atoms with van der Waals surface area (Å²) in [7, 11) is -3.38. The van der Waals surface area contributed by atoms with Gasteiger partial charge in [-0.3, -0.25) is 24.3 Å². The minimum atomic E-state index is -5.19. The number of carbonyl (C=O) groups excluding carboxylic acids is 6. The molecule has 41 heteroatoms. The third-order valence-corrected chi connectivity index (χ3v) is 22.5. The molecule has 29 nitrogen and oxygen atoms in total. The Kier molecular flexibility index (Phi) is 39.5. The maximum absolute atomic E-state index is 14.4. The molecular weight excluding hydrogens is 1640 g/mol. The van der Waals surface area contributed by atoms with E-state index in [1.165, 1.54) is 23.5 Å². The van der Waals surface area contributed by atoms with Crippen LogP contribution in [0.4, 0.5) is 50.0 Å². The van der Waals surface area contributed by atoms with Crippen molar-refractivity contribution >= 4 is 89.8 Å². The molecule has 5 amide bonds. The second-order valence-electron chi connectivity index (χ2n) is 28.0. The van der Waals surface area contributed by atoms with E-state index in [1.54, 1.807) is 17.0 Å². The first-order valence-electron chi connectivity index (χ1n) is 38.6. The normalized spacial score (nSPS) is 13.3. The minimum Gasteiger partial charge on any atom is -0.542 e. The van der Waals surface area contributed by atoms with Gasteiger partial charge in [0, 0.05) is 103 Å². The lowest BCUT2D eigenvalue weighted by atomic mass is 9.93. The molecule has 9 N–H and O–H groups in total. The molecule has 3 aliphatic rings. The van der Waals surface area contributed by atoms with Gasteiger partial charge in [0.05, 0.1) is 24.4 Å². The van der Waals surface area contributed by atoms with Crippen LogP contribution < -0.4 is 65.7 Å². The zero-order valence-corrected chi connectivity index (χ0v) is 69.5. The number of hydrogen-bond acceptors (Lipinski definition) is 18. The summed E-state index contributed by atoms with van der Waals surface area (Å²) in [5, 5.41) is 51.1. The smallest absolute Gasteiger partial charge is 0.490 e. The number of sulfonamides is 1.